The van der Waals surface area contributed by atoms with Crippen molar-refractivity contribution in [1.82, 2.24) is 5.32 Å². The van der Waals surface area contributed by atoms with Gasteiger partial charge in [-0.3, -0.25) is 4.79 Å². The summed E-state index contributed by atoms with van der Waals surface area (Å²) in [5.41, 5.74) is 5.38. The molecule has 3 heteroatoms. The van der Waals surface area contributed by atoms with Crippen LogP contribution in [0, 0.1) is 11.8 Å². The molecule has 0 aliphatic heterocycles. The summed E-state index contributed by atoms with van der Waals surface area (Å²) in [6.45, 7) is 3.75. The third kappa shape index (κ3) is 4.09. The van der Waals surface area contributed by atoms with Crippen LogP contribution in [0.4, 0.5) is 0 Å². The lowest BCUT2D eigenvalue weighted by Crippen LogP contribution is -2.26. The lowest BCUT2D eigenvalue weighted by molar-refractivity contribution is -0.122. The number of amides is 1. The van der Waals surface area contributed by atoms with Gasteiger partial charge in [-0.25, -0.2) is 0 Å². The Morgan fingerprint density at radius 2 is 2.00 bits per heavy atom. The molecule has 1 aliphatic carbocycles. The van der Waals surface area contributed by atoms with Crippen LogP contribution in [0.5, 0.6) is 0 Å². The van der Waals surface area contributed by atoms with Gasteiger partial charge in [0, 0.05) is 12.5 Å². The van der Waals surface area contributed by atoms with Crippen LogP contribution in [0.3, 0.4) is 0 Å². The fourth-order valence-electron chi connectivity index (χ4n) is 1.65. The van der Waals surface area contributed by atoms with E-state index in [2.05, 4.69) is 12.2 Å². The second-order valence-corrected chi connectivity index (χ2v) is 4.31. The summed E-state index contributed by atoms with van der Waals surface area (Å²) in [6, 6.07) is 0. The minimum absolute atomic E-state index is 0.260. The Morgan fingerprint density at radius 3 is 2.57 bits per heavy atom. The fraction of sp³-hybridized carbons (Fsp3) is 0.909. The highest BCUT2D eigenvalue weighted by Gasteiger charge is 2.38. The van der Waals surface area contributed by atoms with Crippen LogP contribution < -0.4 is 11.1 Å². The Kier molecular flexibility index (Phi) is 4.94. The molecule has 3 N–H and O–H groups in total. The maximum Gasteiger partial charge on any atom is 0.223 e. The highest BCUT2D eigenvalue weighted by Crippen LogP contribution is 2.37. The lowest BCUT2D eigenvalue weighted by atomic mass is 10.2. The van der Waals surface area contributed by atoms with Crippen LogP contribution in [-0.4, -0.2) is 19.0 Å². The number of hydrogen-bond donors (Lipinski definition) is 2. The Labute approximate surface area is 86.4 Å². The first-order valence-electron chi connectivity index (χ1n) is 5.73. The Hall–Kier alpha value is -0.570. The Bertz CT molecular complexity index is 182. The summed E-state index contributed by atoms with van der Waals surface area (Å²) in [7, 11) is 0. The van der Waals surface area contributed by atoms with Crippen molar-refractivity contribution >= 4 is 5.91 Å². The van der Waals surface area contributed by atoms with E-state index < -0.39 is 0 Å². The molecule has 0 aromatic rings. The molecular formula is C11H22N2O. The molecule has 0 heterocycles. The van der Waals surface area contributed by atoms with Gasteiger partial charge in [-0.2, -0.15) is 0 Å². The molecule has 1 rings (SSSR count). The zero-order valence-electron chi connectivity index (χ0n) is 9.09. The van der Waals surface area contributed by atoms with E-state index >= 15 is 0 Å². The fourth-order valence-corrected chi connectivity index (χ4v) is 1.65. The van der Waals surface area contributed by atoms with E-state index in [-0.39, 0.29) is 5.91 Å². The summed E-state index contributed by atoms with van der Waals surface area (Å²) >= 11 is 0. The molecular weight excluding hydrogens is 176 g/mol. The monoisotopic (exact) mass is 198 g/mol. The molecule has 1 fully saturated rings. The second kappa shape index (κ2) is 6.02. The van der Waals surface area contributed by atoms with Crippen molar-refractivity contribution in [2.24, 2.45) is 17.6 Å². The summed E-state index contributed by atoms with van der Waals surface area (Å²) in [4.78, 5) is 11.4. The van der Waals surface area contributed by atoms with Gasteiger partial charge in [-0.1, -0.05) is 19.8 Å². The maximum atomic E-state index is 11.4. The van der Waals surface area contributed by atoms with Crippen molar-refractivity contribution < 1.29 is 4.79 Å². The van der Waals surface area contributed by atoms with Gasteiger partial charge in [0.1, 0.15) is 0 Å². The van der Waals surface area contributed by atoms with Crippen molar-refractivity contribution in [3.8, 4) is 0 Å². The average Bonchev–Trinajstić information content (AvgIpc) is 2.88. The van der Waals surface area contributed by atoms with Gasteiger partial charge in [0.15, 0.2) is 0 Å². The van der Waals surface area contributed by atoms with Gasteiger partial charge in [0.05, 0.1) is 0 Å². The molecule has 0 saturated heterocycles. The quantitative estimate of drug-likeness (QED) is 0.605. The zero-order chi connectivity index (χ0) is 10.4. The van der Waals surface area contributed by atoms with Gasteiger partial charge in [-0.15, -0.1) is 0 Å². The van der Waals surface area contributed by atoms with Gasteiger partial charge >= 0.3 is 0 Å². The first-order chi connectivity index (χ1) is 6.75. The predicted octanol–water partition coefficient (Wildman–Crippen LogP) is 1.28. The minimum atomic E-state index is 0.260. The molecule has 0 aromatic carbocycles. The molecule has 82 valence electrons. The van der Waals surface area contributed by atoms with E-state index in [9.17, 15) is 4.79 Å². The zero-order valence-corrected chi connectivity index (χ0v) is 9.09. The largest absolute Gasteiger partial charge is 0.356 e. The van der Waals surface area contributed by atoms with Crippen molar-refractivity contribution in [2.45, 2.75) is 39.0 Å². The van der Waals surface area contributed by atoms with Crippen LogP contribution in [-0.2, 0) is 4.79 Å². The smallest absolute Gasteiger partial charge is 0.223 e. The predicted molar refractivity (Wildman–Crippen MR) is 57.8 cm³/mol. The summed E-state index contributed by atoms with van der Waals surface area (Å²) < 4.78 is 0. The number of rotatable bonds is 7. The van der Waals surface area contributed by atoms with Crippen molar-refractivity contribution in [1.29, 1.82) is 0 Å². The van der Waals surface area contributed by atoms with Crippen LogP contribution >= 0.6 is 0 Å². The summed E-state index contributed by atoms with van der Waals surface area (Å²) in [6.07, 6.45) is 5.64. The van der Waals surface area contributed by atoms with Crippen LogP contribution in [0.2, 0.25) is 0 Å². The Morgan fingerprint density at radius 1 is 1.36 bits per heavy atom. The normalized spacial score (nSPS) is 24.7. The van der Waals surface area contributed by atoms with Crippen molar-refractivity contribution in [3.05, 3.63) is 0 Å². The Balaban J connectivity index is 1.86. The van der Waals surface area contributed by atoms with Crippen LogP contribution in [0.15, 0.2) is 0 Å². The summed E-state index contributed by atoms with van der Waals surface area (Å²) in [5.74, 6) is 1.20. The third-order valence-corrected chi connectivity index (χ3v) is 2.88. The standard InChI is InChI=1S/C11H22N2O/c1-9-8-10(9)11(14)13-7-5-3-2-4-6-12/h9-10H,2-8,12H2,1H3,(H,13,14). The molecule has 1 saturated carbocycles. The van der Waals surface area contributed by atoms with E-state index in [0.717, 1.165) is 32.4 Å². The van der Waals surface area contributed by atoms with Gasteiger partial charge in [0.2, 0.25) is 5.91 Å². The molecule has 14 heavy (non-hydrogen) atoms. The van der Waals surface area contributed by atoms with Gasteiger partial charge in [-0.05, 0) is 31.7 Å². The van der Waals surface area contributed by atoms with Gasteiger partial charge in [0.25, 0.3) is 0 Å². The number of nitrogens with two attached hydrogens (primary N) is 1. The molecule has 0 aromatic heterocycles. The number of carbonyl (C=O) groups excluding carboxylic acids is 1. The third-order valence-electron chi connectivity index (χ3n) is 2.88. The molecule has 2 unspecified atom stereocenters. The van der Waals surface area contributed by atoms with Crippen LogP contribution in [0.25, 0.3) is 0 Å². The lowest BCUT2D eigenvalue weighted by Gasteiger charge is -2.03. The van der Waals surface area contributed by atoms with E-state index in [0.29, 0.717) is 11.8 Å². The molecule has 2 atom stereocenters. The number of nitrogens with one attached hydrogen (secondary N) is 1. The van der Waals surface area contributed by atoms with Gasteiger partial charge < -0.3 is 11.1 Å². The molecule has 0 bridgehead atoms. The van der Waals surface area contributed by atoms with E-state index in [4.69, 9.17) is 5.73 Å². The molecule has 0 radical (unpaired) electrons. The van der Waals surface area contributed by atoms with Crippen molar-refractivity contribution in [2.75, 3.05) is 13.1 Å². The van der Waals surface area contributed by atoms with E-state index in [1.165, 1.54) is 12.8 Å². The number of carbonyl (C=O) groups is 1. The highest BCUT2D eigenvalue weighted by atomic mass is 16.2. The average molecular weight is 198 g/mol. The molecule has 3 nitrogen and oxygen atoms in total. The minimum Gasteiger partial charge on any atom is -0.356 e. The number of unbranched alkanes of at least 4 members (excludes halogenated alkanes) is 3. The second-order valence-electron chi connectivity index (χ2n) is 4.31. The molecule has 0 spiro atoms. The SMILES string of the molecule is CC1CC1C(=O)NCCCCCCN. The van der Waals surface area contributed by atoms with Crippen molar-refractivity contribution in [3.63, 3.8) is 0 Å². The first kappa shape index (κ1) is 11.5. The topological polar surface area (TPSA) is 55.1 Å². The summed E-state index contributed by atoms with van der Waals surface area (Å²) in [5, 5.41) is 2.98. The first-order valence-corrected chi connectivity index (χ1v) is 5.73. The molecule has 1 amide bonds. The maximum absolute atomic E-state index is 11.4. The van der Waals surface area contributed by atoms with E-state index in [1.54, 1.807) is 0 Å². The molecule has 1 aliphatic rings. The van der Waals surface area contributed by atoms with Crippen LogP contribution in [0.1, 0.15) is 39.0 Å². The number of hydrogen-bond acceptors (Lipinski definition) is 2. The highest BCUT2D eigenvalue weighted by molar-refractivity contribution is 5.81. The van der Waals surface area contributed by atoms with E-state index in [1.807, 2.05) is 0 Å².